The van der Waals surface area contributed by atoms with E-state index in [1.165, 1.54) is 0 Å². The van der Waals surface area contributed by atoms with Crippen LogP contribution in [0.1, 0.15) is 33.6 Å². The summed E-state index contributed by atoms with van der Waals surface area (Å²) >= 11 is 0. The number of hydrogen-bond donors (Lipinski definition) is 2. The van der Waals surface area contributed by atoms with Gasteiger partial charge >= 0.3 is 6.03 Å². The number of carbonyl (C=O) groups is 1. The molecule has 100 valence electrons. The molecule has 2 amide bonds. The average molecular weight is 244 g/mol. The van der Waals surface area contributed by atoms with Crippen LogP contribution in [0.15, 0.2) is 0 Å². The van der Waals surface area contributed by atoms with Gasteiger partial charge in [-0.3, -0.25) is 0 Å². The van der Waals surface area contributed by atoms with E-state index in [2.05, 4.69) is 31.4 Å². The lowest BCUT2D eigenvalue weighted by molar-refractivity contribution is -0.180. The van der Waals surface area contributed by atoms with Crippen LogP contribution in [-0.2, 0) is 9.47 Å². The van der Waals surface area contributed by atoms with E-state index in [1.54, 1.807) is 0 Å². The first-order valence-electron chi connectivity index (χ1n) is 6.22. The largest absolute Gasteiger partial charge is 0.353 e. The fraction of sp³-hybridized carbons (Fsp3) is 0.917. The molecule has 1 aliphatic rings. The molecule has 0 aromatic heterocycles. The third kappa shape index (κ3) is 7.18. The topological polar surface area (TPSA) is 59.6 Å². The second kappa shape index (κ2) is 6.81. The summed E-state index contributed by atoms with van der Waals surface area (Å²) in [7, 11) is 0. The van der Waals surface area contributed by atoms with Crippen molar-refractivity contribution in [3.05, 3.63) is 0 Å². The van der Waals surface area contributed by atoms with Crippen molar-refractivity contribution in [2.45, 2.75) is 39.9 Å². The average Bonchev–Trinajstić information content (AvgIpc) is 2.27. The normalized spacial score (nSPS) is 17.8. The van der Waals surface area contributed by atoms with Gasteiger partial charge in [-0.25, -0.2) is 4.79 Å². The number of rotatable bonds is 4. The molecular formula is C12H24N2O3. The van der Waals surface area contributed by atoms with E-state index in [-0.39, 0.29) is 17.7 Å². The van der Waals surface area contributed by atoms with Gasteiger partial charge in [0.25, 0.3) is 0 Å². The molecular weight excluding hydrogens is 220 g/mol. The van der Waals surface area contributed by atoms with Crippen LogP contribution in [0, 0.1) is 5.41 Å². The number of nitrogens with one attached hydrogen (secondary N) is 2. The smallest absolute Gasteiger partial charge is 0.314 e. The van der Waals surface area contributed by atoms with Gasteiger partial charge in [0.2, 0.25) is 0 Å². The summed E-state index contributed by atoms with van der Waals surface area (Å²) in [5.74, 6) is 0. The van der Waals surface area contributed by atoms with E-state index in [0.29, 0.717) is 19.5 Å². The van der Waals surface area contributed by atoms with Gasteiger partial charge < -0.3 is 20.1 Å². The Labute approximate surface area is 103 Å². The highest BCUT2D eigenvalue weighted by molar-refractivity contribution is 5.73. The number of hydrogen-bond acceptors (Lipinski definition) is 3. The van der Waals surface area contributed by atoms with Crippen LogP contribution >= 0.6 is 0 Å². The van der Waals surface area contributed by atoms with Crippen molar-refractivity contribution in [2.75, 3.05) is 26.3 Å². The molecule has 1 fully saturated rings. The van der Waals surface area contributed by atoms with E-state index in [0.717, 1.165) is 19.6 Å². The van der Waals surface area contributed by atoms with Crippen LogP contribution in [0.3, 0.4) is 0 Å². The molecule has 1 aliphatic heterocycles. The zero-order valence-electron chi connectivity index (χ0n) is 11.0. The first-order chi connectivity index (χ1) is 7.97. The van der Waals surface area contributed by atoms with Crippen molar-refractivity contribution < 1.29 is 14.3 Å². The van der Waals surface area contributed by atoms with Gasteiger partial charge in [-0.1, -0.05) is 20.8 Å². The maximum absolute atomic E-state index is 11.4. The Morgan fingerprint density at radius 1 is 1.24 bits per heavy atom. The highest BCUT2D eigenvalue weighted by atomic mass is 16.7. The Bertz CT molecular complexity index is 232. The lowest BCUT2D eigenvalue weighted by atomic mass is 9.97. The maximum atomic E-state index is 11.4. The third-order valence-electron chi connectivity index (χ3n) is 2.34. The van der Waals surface area contributed by atoms with Crippen LogP contribution in [-0.4, -0.2) is 38.6 Å². The summed E-state index contributed by atoms with van der Waals surface area (Å²) < 4.78 is 10.8. The molecule has 0 spiro atoms. The van der Waals surface area contributed by atoms with Crippen LogP contribution in [0.5, 0.6) is 0 Å². The first-order valence-corrected chi connectivity index (χ1v) is 6.22. The predicted molar refractivity (Wildman–Crippen MR) is 65.8 cm³/mol. The third-order valence-corrected chi connectivity index (χ3v) is 2.34. The van der Waals surface area contributed by atoms with Gasteiger partial charge in [0.15, 0.2) is 6.29 Å². The monoisotopic (exact) mass is 244 g/mol. The lowest BCUT2D eigenvalue weighted by Gasteiger charge is -2.23. The SMILES string of the molecule is CC(C)(C)CNC(=O)NCCC1OCCCO1. The van der Waals surface area contributed by atoms with Crippen LogP contribution in [0.2, 0.25) is 0 Å². The first kappa shape index (κ1) is 14.3. The van der Waals surface area contributed by atoms with Crippen molar-refractivity contribution in [3.8, 4) is 0 Å². The number of amides is 2. The minimum Gasteiger partial charge on any atom is -0.353 e. The highest BCUT2D eigenvalue weighted by Crippen LogP contribution is 2.10. The number of urea groups is 1. The molecule has 1 saturated heterocycles. The minimum atomic E-state index is -0.160. The molecule has 1 rings (SSSR count). The van der Waals surface area contributed by atoms with E-state index in [9.17, 15) is 4.79 Å². The predicted octanol–water partition coefficient (Wildman–Crippen LogP) is 1.48. The van der Waals surface area contributed by atoms with E-state index < -0.39 is 0 Å². The molecule has 5 heteroatoms. The van der Waals surface area contributed by atoms with Crippen molar-refractivity contribution in [3.63, 3.8) is 0 Å². The molecule has 0 radical (unpaired) electrons. The standard InChI is InChI=1S/C12H24N2O3/c1-12(2,3)9-14-11(15)13-6-5-10-16-7-4-8-17-10/h10H,4-9H2,1-3H3,(H2,13,14,15). The fourth-order valence-corrected chi connectivity index (χ4v) is 1.41. The summed E-state index contributed by atoms with van der Waals surface area (Å²) in [6, 6.07) is -0.129. The van der Waals surface area contributed by atoms with Gasteiger partial charge in [-0.15, -0.1) is 0 Å². The molecule has 0 aliphatic carbocycles. The molecule has 0 aromatic rings. The molecule has 1 heterocycles. The molecule has 0 unspecified atom stereocenters. The summed E-state index contributed by atoms with van der Waals surface area (Å²) in [6.07, 6.45) is 1.49. The summed E-state index contributed by atoms with van der Waals surface area (Å²) in [4.78, 5) is 11.4. The van der Waals surface area contributed by atoms with Crippen LogP contribution in [0.25, 0.3) is 0 Å². The number of carbonyl (C=O) groups excluding carboxylic acids is 1. The van der Waals surface area contributed by atoms with E-state index in [1.807, 2.05) is 0 Å². The Kier molecular flexibility index (Phi) is 5.71. The van der Waals surface area contributed by atoms with E-state index in [4.69, 9.17) is 9.47 Å². The van der Waals surface area contributed by atoms with Gasteiger partial charge in [0.1, 0.15) is 0 Å². The second-order valence-corrected chi connectivity index (χ2v) is 5.48. The molecule has 17 heavy (non-hydrogen) atoms. The van der Waals surface area contributed by atoms with Crippen molar-refractivity contribution in [2.24, 2.45) is 5.41 Å². The molecule has 0 atom stereocenters. The van der Waals surface area contributed by atoms with E-state index >= 15 is 0 Å². The molecule has 2 N–H and O–H groups in total. The Hall–Kier alpha value is -0.810. The van der Waals surface area contributed by atoms with Gasteiger partial charge in [0.05, 0.1) is 13.2 Å². The van der Waals surface area contributed by atoms with Crippen molar-refractivity contribution in [1.82, 2.24) is 10.6 Å². The quantitative estimate of drug-likeness (QED) is 0.787. The zero-order valence-corrected chi connectivity index (χ0v) is 11.0. The summed E-state index contributed by atoms with van der Waals surface area (Å²) in [6.45, 7) is 8.97. The zero-order chi connectivity index (χ0) is 12.7. The fourth-order valence-electron chi connectivity index (χ4n) is 1.41. The van der Waals surface area contributed by atoms with Crippen molar-refractivity contribution >= 4 is 6.03 Å². The second-order valence-electron chi connectivity index (χ2n) is 5.48. The lowest BCUT2D eigenvalue weighted by Crippen LogP contribution is -2.41. The van der Waals surface area contributed by atoms with Crippen LogP contribution < -0.4 is 10.6 Å². The molecule has 0 saturated carbocycles. The number of ether oxygens (including phenoxy) is 2. The van der Waals surface area contributed by atoms with Gasteiger partial charge in [-0.2, -0.15) is 0 Å². The molecule has 0 aromatic carbocycles. The Morgan fingerprint density at radius 3 is 2.47 bits per heavy atom. The van der Waals surface area contributed by atoms with Gasteiger partial charge in [-0.05, 0) is 11.8 Å². The van der Waals surface area contributed by atoms with Crippen LogP contribution in [0.4, 0.5) is 4.79 Å². The maximum Gasteiger partial charge on any atom is 0.314 e. The van der Waals surface area contributed by atoms with Crippen molar-refractivity contribution in [1.29, 1.82) is 0 Å². The van der Waals surface area contributed by atoms with Gasteiger partial charge in [0, 0.05) is 19.5 Å². The summed E-state index contributed by atoms with van der Waals surface area (Å²) in [5.41, 5.74) is 0.104. The Balaban J connectivity index is 2.03. The molecule has 0 bridgehead atoms. The highest BCUT2D eigenvalue weighted by Gasteiger charge is 2.15. The Morgan fingerprint density at radius 2 is 1.88 bits per heavy atom. The minimum absolute atomic E-state index is 0.104. The summed E-state index contributed by atoms with van der Waals surface area (Å²) in [5, 5.41) is 5.62. The molecule has 5 nitrogen and oxygen atoms in total.